The largest absolute Gasteiger partial charge is 0.392 e. The summed E-state index contributed by atoms with van der Waals surface area (Å²) in [4.78, 5) is 16.1. The number of hydrogen-bond acceptors (Lipinski definition) is 5. The molecule has 0 unspecified atom stereocenters. The fraction of sp³-hybridized carbons (Fsp3) is 0.438. The van der Waals surface area contributed by atoms with Gasteiger partial charge >= 0.3 is 6.03 Å². The number of urea groups is 1. The first-order chi connectivity index (χ1) is 10.9. The first-order valence-electron chi connectivity index (χ1n) is 7.42. The van der Waals surface area contributed by atoms with Crippen LogP contribution >= 0.6 is 0 Å². The molecule has 2 amide bonds. The summed E-state index contributed by atoms with van der Waals surface area (Å²) in [7, 11) is 0. The lowest BCUT2D eigenvalue weighted by Gasteiger charge is -2.10. The van der Waals surface area contributed by atoms with Gasteiger partial charge in [-0.2, -0.15) is 4.98 Å². The lowest BCUT2D eigenvalue weighted by molar-refractivity contribution is 0.239. The molecule has 0 saturated carbocycles. The molecule has 7 heteroatoms. The highest BCUT2D eigenvalue weighted by molar-refractivity contribution is 5.73. The van der Waals surface area contributed by atoms with Crippen LogP contribution in [-0.2, 0) is 25.1 Å². The number of aliphatic hydroxyl groups is 1. The molecule has 0 aliphatic rings. The number of aromatic nitrogens is 2. The number of aliphatic hydroxyl groups excluding tert-OH is 1. The molecule has 1 aromatic carbocycles. The van der Waals surface area contributed by atoms with E-state index in [9.17, 15) is 9.90 Å². The third-order valence-corrected chi connectivity index (χ3v) is 3.24. The third kappa shape index (κ3) is 4.79. The number of benzene rings is 1. The Hall–Kier alpha value is -2.41. The molecule has 1 heterocycles. The molecule has 0 aliphatic carbocycles. The van der Waals surface area contributed by atoms with Crippen LogP contribution in [0.5, 0.6) is 0 Å². The average Bonchev–Trinajstić information content (AvgIpc) is 3.00. The van der Waals surface area contributed by atoms with Crippen molar-refractivity contribution >= 4 is 6.03 Å². The van der Waals surface area contributed by atoms with E-state index in [1.54, 1.807) is 0 Å². The summed E-state index contributed by atoms with van der Waals surface area (Å²) in [5, 5.41) is 18.5. The first kappa shape index (κ1) is 17.0. The summed E-state index contributed by atoms with van der Waals surface area (Å²) in [5.41, 5.74) is 1.45. The number of rotatable bonds is 5. The van der Waals surface area contributed by atoms with Gasteiger partial charge in [-0.25, -0.2) is 4.79 Å². The van der Waals surface area contributed by atoms with Gasteiger partial charge in [-0.05, 0) is 11.1 Å². The molecule has 3 N–H and O–H groups in total. The van der Waals surface area contributed by atoms with E-state index in [0.717, 1.165) is 11.1 Å². The minimum atomic E-state index is -0.333. The summed E-state index contributed by atoms with van der Waals surface area (Å²) in [6.07, 6.45) is 0. The zero-order valence-electron chi connectivity index (χ0n) is 13.6. The van der Waals surface area contributed by atoms with Crippen LogP contribution in [0.2, 0.25) is 0 Å². The second-order valence-electron chi connectivity index (χ2n) is 6.23. The van der Waals surface area contributed by atoms with Gasteiger partial charge in [0.15, 0.2) is 5.82 Å². The van der Waals surface area contributed by atoms with Gasteiger partial charge in [0.2, 0.25) is 5.89 Å². The van der Waals surface area contributed by atoms with Crippen LogP contribution in [-0.4, -0.2) is 21.3 Å². The van der Waals surface area contributed by atoms with E-state index in [0.29, 0.717) is 18.3 Å². The van der Waals surface area contributed by atoms with Crippen molar-refractivity contribution in [2.75, 3.05) is 0 Å². The zero-order chi connectivity index (χ0) is 16.9. The smallest absolute Gasteiger partial charge is 0.315 e. The van der Waals surface area contributed by atoms with Crippen molar-refractivity contribution in [1.82, 2.24) is 20.8 Å². The van der Waals surface area contributed by atoms with E-state index < -0.39 is 0 Å². The van der Waals surface area contributed by atoms with Gasteiger partial charge < -0.3 is 20.3 Å². The molecule has 0 spiro atoms. The number of nitrogens with one attached hydrogen (secondary N) is 2. The predicted molar refractivity (Wildman–Crippen MR) is 84.4 cm³/mol. The van der Waals surface area contributed by atoms with Crippen LogP contribution in [0.4, 0.5) is 4.79 Å². The molecule has 124 valence electrons. The van der Waals surface area contributed by atoms with Crippen LogP contribution in [0.15, 0.2) is 28.8 Å². The molecule has 2 rings (SSSR count). The van der Waals surface area contributed by atoms with Crippen molar-refractivity contribution in [2.24, 2.45) is 0 Å². The van der Waals surface area contributed by atoms with Crippen molar-refractivity contribution in [3.8, 4) is 0 Å². The molecule has 23 heavy (non-hydrogen) atoms. The van der Waals surface area contributed by atoms with Gasteiger partial charge in [0.1, 0.15) is 0 Å². The average molecular weight is 318 g/mol. The minimum Gasteiger partial charge on any atom is -0.392 e. The van der Waals surface area contributed by atoms with E-state index in [1.165, 1.54) is 0 Å². The summed E-state index contributed by atoms with van der Waals surface area (Å²) in [6.45, 7) is 6.39. The zero-order valence-corrected chi connectivity index (χ0v) is 13.6. The molecular formula is C16H22N4O3. The normalized spacial score (nSPS) is 11.3. The van der Waals surface area contributed by atoms with Crippen molar-refractivity contribution in [3.63, 3.8) is 0 Å². The van der Waals surface area contributed by atoms with Gasteiger partial charge in [0.05, 0.1) is 13.2 Å². The lowest BCUT2D eigenvalue weighted by atomic mass is 9.97. The molecule has 2 aromatic rings. The first-order valence-corrected chi connectivity index (χ1v) is 7.42. The number of carbonyl (C=O) groups is 1. The quantitative estimate of drug-likeness (QED) is 0.781. The maximum atomic E-state index is 11.8. The van der Waals surface area contributed by atoms with E-state index in [-0.39, 0.29) is 24.6 Å². The maximum Gasteiger partial charge on any atom is 0.315 e. The van der Waals surface area contributed by atoms with E-state index in [4.69, 9.17) is 4.52 Å². The molecule has 0 saturated heterocycles. The summed E-state index contributed by atoms with van der Waals surface area (Å²) in [6, 6.07) is 7.06. The van der Waals surface area contributed by atoms with Gasteiger partial charge in [0.25, 0.3) is 0 Å². The van der Waals surface area contributed by atoms with Crippen LogP contribution in [0.1, 0.15) is 43.6 Å². The van der Waals surface area contributed by atoms with Crippen molar-refractivity contribution in [1.29, 1.82) is 0 Å². The van der Waals surface area contributed by atoms with Gasteiger partial charge in [-0.15, -0.1) is 0 Å². The lowest BCUT2D eigenvalue weighted by Crippen LogP contribution is -2.35. The highest BCUT2D eigenvalue weighted by atomic mass is 16.5. The van der Waals surface area contributed by atoms with Crippen molar-refractivity contribution in [2.45, 2.75) is 45.9 Å². The van der Waals surface area contributed by atoms with Gasteiger partial charge in [0, 0.05) is 12.0 Å². The number of nitrogens with zero attached hydrogens (tertiary/aromatic N) is 2. The summed E-state index contributed by atoms with van der Waals surface area (Å²) >= 11 is 0. The Labute approximate surface area is 135 Å². The summed E-state index contributed by atoms with van der Waals surface area (Å²) in [5.74, 6) is 0.965. The molecule has 0 radical (unpaired) electrons. The topological polar surface area (TPSA) is 100 Å². The Morgan fingerprint density at radius 1 is 1.17 bits per heavy atom. The SMILES string of the molecule is CC(C)(C)c1nc(CNC(=O)NCc2ccccc2CO)no1. The molecule has 7 nitrogen and oxygen atoms in total. The third-order valence-electron chi connectivity index (χ3n) is 3.24. The van der Waals surface area contributed by atoms with Crippen molar-refractivity contribution in [3.05, 3.63) is 47.1 Å². The number of hydrogen-bond donors (Lipinski definition) is 3. The predicted octanol–water partition coefficient (Wildman–Crippen LogP) is 1.86. The second-order valence-corrected chi connectivity index (χ2v) is 6.23. The molecule has 1 aromatic heterocycles. The second kappa shape index (κ2) is 7.23. The Balaban J connectivity index is 1.82. The Kier molecular flexibility index (Phi) is 5.33. The number of amides is 2. The fourth-order valence-electron chi connectivity index (χ4n) is 1.91. The molecule has 0 atom stereocenters. The van der Waals surface area contributed by atoms with Gasteiger partial charge in [-0.1, -0.05) is 50.2 Å². The maximum absolute atomic E-state index is 11.8. The highest BCUT2D eigenvalue weighted by Crippen LogP contribution is 2.19. The van der Waals surface area contributed by atoms with Crippen LogP contribution in [0.25, 0.3) is 0 Å². The Bertz CT molecular complexity index is 661. The van der Waals surface area contributed by atoms with E-state index in [2.05, 4.69) is 20.8 Å². The summed E-state index contributed by atoms with van der Waals surface area (Å²) < 4.78 is 5.16. The van der Waals surface area contributed by atoms with E-state index >= 15 is 0 Å². The fourth-order valence-corrected chi connectivity index (χ4v) is 1.91. The molecule has 0 fully saturated rings. The van der Waals surface area contributed by atoms with Gasteiger partial charge in [-0.3, -0.25) is 0 Å². The number of carbonyl (C=O) groups excluding carboxylic acids is 1. The molecule has 0 aliphatic heterocycles. The molecular weight excluding hydrogens is 296 g/mol. The van der Waals surface area contributed by atoms with E-state index in [1.807, 2.05) is 45.0 Å². The standard InChI is InChI=1S/C16H22N4O3/c1-16(2,3)14-19-13(20-23-14)9-18-15(22)17-8-11-6-4-5-7-12(11)10-21/h4-7,21H,8-10H2,1-3H3,(H2,17,18,22). The minimum absolute atomic E-state index is 0.0576. The Morgan fingerprint density at radius 2 is 1.83 bits per heavy atom. The molecule has 0 bridgehead atoms. The Morgan fingerprint density at radius 3 is 2.43 bits per heavy atom. The van der Waals surface area contributed by atoms with Crippen molar-refractivity contribution < 1.29 is 14.4 Å². The monoisotopic (exact) mass is 318 g/mol. The van der Waals surface area contributed by atoms with Crippen LogP contribution in [0, 0.1) is 0 Å². The highest BCUT2D eigenvalue weighted by Gasteiger charge is 2.21. The van der Waals surface area contributed by atoms with Crippen LogP contribution in [0.3, 0.4) is 0 Å². The van der Waals surface area contributed by atoms with Crippen LogP contribution < -0.4 is 10.6 Å².